The highest BCUT2D eigenvalue weighted by Crippen LogP contribution is 2.34. The fourth-order valence-electron chi connectivity index (χ4n) is 1.47. The molecule has 5 N–H and O–H groups in total. The van der Waals surface area contributed by atoms with Gasteiger partial charge in [0.15, 0.2) is 0 Å². The van der Waals surface area contributed by atoms with Gasteiger partial charge in [-0.3, -0.25) is 4.79 Å². The number of amides is 1. The predicted octanol–water partition coefficient (Wildman–Crippen LogP) is 0.374. The van der Waals surface area contributed by atoms with Gasteiger partial charge >= 0.3 is 0 Å². The van der Waals surface area contributed by atoms with Gasteiger partial charge in [0.25, 0.3) is 5.91 Å². The molecule has 19 heavy (non-hydrogen) atoms. The van der Waals surface area contributed by atoms with Crippen LogP contribution in [0.1, 0.15) is 15.2 Å². The van der Waals surface area contributed by atoms with E-state index in [1.807, 2.05) is 6.07 Å². The maximum Gasteiger partial charge on any atom is 0.261 e. The molecule has 0 saturated heterocycles. The normalized spacial score (nSPS) is 11.8. The lowest BCUT2D eigenvalue weighted by Gasteiger charge is -2.15. The fraction of sp³-hybridized carbons (Fsp3) is 0.455. The molecule has 1 aromatic heterocycles. The van der Waals surface area contributed by atoms with Gasteiger partial charge in [0.05, 0.1) is 18.4 Å². The molecule has 0 saturated carbocycles. The van der Waals surface area contributed by atoms with Gasteiger partial charge in [0.2, 0.25) is 0 Å². The number of thiophene rings is 1. The Morgan fingerprint density at radius 3 is 2.74 bits per heavy atom. The Morgan fingerprint density at radius 2 is 2.26 bits per heavy atom. The molecule has 0 bridgehead atoms. The standard InChI is InChI=1S/C11H16N4O3S/c1-17-5-6(18-2)4-15-11-7(3-12)8(13)9(19-11)10(14)16/h6,15H,4-5,13H2,1-2H3,(H2,14,16). The first-order valence-electron chi connectivity index (χ1n) is 5.42. The molecule has 1 heterocycles. The van der Waals surface area contributed by atoms with Crippen LogP contribution in [0.5, 0.6) is 0 Å². The zero-order valence-electron chi connectivity index (χ0n) is 10.7. The van der Waals surface area contributed by atoms with E-state index in [-0.39, 0.29) is 22.2 Å². The highest BCUT2D eigenvalue weighted by molar-refractivity contribution is 7.18. The molecule has 1 amide bonds. The minimum absolute atomic E-state index is 0.114. The van der Waals surface area contributed by atoms with Gasteiger partial charge < -0.3 is 26.3 Å². The second-order valence-electron chi connectivity index (χ2n) is 3.72. The van der Waals surface area contributed by atoms with E-state index in [0.717, 1.165) is 11.3 Å². The van der Waals surface area contributed by atoms with Crippen molar-refractivity contribution in [3.05, 3.63) is 10.4 Å². The number of anilines is 2. The van der Waals surface area contributed by atoms with E-state index in [1.165, 1.54) is 0 Å². The van der Waals surface area contributed by atoms with Crippen LogP contribution in [0.4, 0.5) is 10.7 Å². The van der Waals surface area contributed by atoms with E-state index in [4.69, 9.17) is 26.2 Å². The van der Waals surface area contributed by atoms with Gasteiger partial charge in [-0.15, -0.1) is 11.3 Å². The zero-order valence-corrected chi connectivity index (χ0v) is 11.5. The van der Waals surface area contributed by atoms with Crippen molar-refractivity contribution in [2.24, 2.45) is 5.73 Å². The Morgan fingerprint density at radius 1 is 1.58 bits per heavy atom. The topological polar surface area (TPSA) is 123 Å². The lowest BCUT2D eigenvalue weighted by molar-refractivity contribution is 0.0366. The predicted molar refractivity (Wildman–Crippen MR) is 73.1 cm³/mol. The molecule has 1 unspecified atom stereocenters. The van der Waals surface area contributed by atoms with Crippen molar-refractivity contribution in [1.29, 1.82) is 5.26 Å². The number of carbonyl (C=O) groups is 1. The number of hydrogen-bond donors (Lipinski definition) is 3. The van der Waals surface area contributed by atoms with Gasteiger partial charge in [-0.2, -0.15) is 5.26 Å². The third-order valence-electron chi connectivity index (χ3n) is 2.46. The number of nitrogen functional groups attached to an aromatic ring is 1. The summed E-state index contributed by atoms with van der Waals surface area (Å²) in [5.74, 6) is -0.646. The van der Waals surface area contributed by atoms with Crippen molar-refractivity contribution >= 4 is 27.9 Å². The number of nitrogens with zero attached hydrogens (tertiary/aromatic N) is 1. The van der Waals surface area contributed by atoms with Crippen LogP contribution in [0.3, 0.4) is 0 Å². The number of nitrogens with one attached hydrogen (secondary N) is 1. The Kier molecular flexibility index (Phi) is 5.57. The summed E-state index contributed by atoms with van der Waals surface area (Å²) in [5.41, 5.74) is 11.2. The summed E-state index contributed by atoms with van der Waals surface area (Å²) in [7, 11) is 3.13. The van der Waals surface area contributed by atoms with Crippen LogP contribution in [0.15, 0.2) is 0 Å². The summed E-state index contributed by atoms with van der Waals surface area (Å²) in [6.07, 6.45) is -0.170. The second kappa shape index (κ2) is 6.94. The molecule has 0 aromatic carbocycles. The molecule has 1 rings (SSSR count). The van der Waals surface area contributed by atoms with Crippen LogP contribution in [0, 0.1) is 11.3 Å². The summed E-state index contributed by atoms with van der Waals surface area (Å²) < 4.78 is 10.2. The lowest BCUT2D eigenvalue weighted by Crippen LogP contribution is -2.26. The van der Waals surface area contributed by atoms with Crippen LogP contribution in [0.2, 0.25) is 0 Å². The maximum atomic E-state index is 11.2. The summed E-state index contributed by atoms with van der Waals surface area (Å²) in [5, 5.41) is 12.6. The van der Waals surface area contributed by atoms with E-state index in [9.17, 15) is 4.79 Å². The number of hydrogen-bond acceptors (Lipinski definition) is 7. The number of ether oxygens (including phenoxy) is 2. The van der Waals surface area contributed by atoms with Crippen molar-refractivity contribution in [3.8, 4) is 6.07 Å². The lowest BCUT2D eigenvalue weighted by atomic mass is 10.2. The smallest absolute Gasteiger partial charge is 0.261 e. The first kappa shape index (κ1) is 15.2. The fourth-order valence-corrected chi connectivity index (χ4v) is 2.40. The number of nitrogens with two attached hydrogens (primary N) is 2. The minimum Gasteiger partial charge on any atom is -0.396 e. The van der Waals surface area contributed by atoms with Gasteiger partial charge in [-0.25, -0.2) is 0 Å². The van der Waals surface area contributed by atoms with Crippen LogP contribution in [-0.2, 0) is 9.47 Å². The monoisotopic (exact) mass is 284 g/mol. The molecule has 104 valence electrons. The molecule has 0 radical (unpaired) electrons. The molecule has 0 aliphatic heterocycles. The van der Waals surface area contributed by atoms with E-state index in [2.05, 4.69) is 5.32 Å². The summed E-state index contributed by atoms with van der Waals surface area (Å²) in [6, 6.07) is 1.96. The molecular weight excluding hydrogens is 268 g/mol. The summed E-state index contributed by atoms with van der Waals surface area (Å²) >= 11 is 1.06. The van der Waals surface area contributed by atoms with Gasteiger partial charge in [-0.1, -0.05) is 0 Å². The molecule has 1 atom stereocenters. The highest BCUT2D eigenvalue weighted by atomic mass is 32.1. The Bertz CT molecular complexity index is 495. The molecule has 0 fully saturated rings. The van der Waals surface area contributed by atoms with Gasteiger partial charge in [0, 0.05) is 20.8 Å². The van der Waals surface area contributed by atoms with E-state index in [0.29, 0.717) is 18.2 Å². The van der Waals surface area contributed by atoms with E-state index in [1.54, 1.807) is 14.2 Å². The van der Waals surface area contributed by atoms with Crippen molar-refractivity contribution in [3.63, 3.8) is 0 Å². The largest absolute Gasteiger partial charge is 0.396 e. The maximum absolute atomic E-state index is 11.2. The highest BCUT2D eigenvalue weighted by Gasteiger charge is 2.19. The van der Waals surface area contributed by atoms with Crippen LogP contribution < -0.4 is 16.8 Å². The average molecular weight is 284 g/mol. The molecule has 7 nitrogen and oxygen atoms in total. The number of nitriles is 1. The first-order valence-corrected chi connectivity index (χ1v) is 6.24. The summed E-state index contributed by atoms with van der Waals surface area (Å²) in [6.45, 7) is 0.839. The third kappa shape index (κ3) is 3.57. The zero-order chi connectivity index (χ0) is 14.4. The Hall–Kier alpha value is -1.82. The SMILES string of the molecule is COCC(CNc1sc(C(N)=O)c(N)c1C#N)OC. The number of methoxy groups -OCH3 is 2. The average Bonchev–Trinajstić information content (AvgIpc) is 2.71. The van der Waals surface area contributed by atoms with Gasteiger partial charge in [-0.05, 0) is 0 Å². The first-order chi connectivity index (χ1) is 9.04. The van der Waals surface area contributed by atoms with E-state index < -0.39 is 5.91 Å². The van der Waals surface area contributed by atoms with E-state index >= 15 is 0 Å². The minimum atomic E-state index is -0.646. The molecule has 0 spiro atoms. The van der Waals surface area contributed by atoms with Crippen molar-refractivity contribution in [2.45, 2.75) is 6.10 Å². The van der Waals surface area contributed by atoms with Crippen molar-refractivity contribution < 1.29 is 14.3 Å². The number of primary amides is 1. The quantitative estimate of drug-likeness (QED) is 0.664. The molecule has 8 heteroatoms. The second-order valence-corrected chi connectivity index (χ2v) is 4.74. The molecular formula is C11H16N4O3S. The molecule has 0 aliphatic rings. The van der Waals surface area contributed by atoms with Gasteiger partial charge in [0.1, 0.15) is 21.5 Å². The summed E-state index contributed by atoms with van der Waals surface area (Å²) in [4.78, 5) is 11.4. The number of rotatable bonds is 7. The van der Waals surface area contributed by atoms with Crippen molar-refractivity contribution in [1.82, 2.24) is 0 Å². The van der Waals surface area contributed by atoms with Crippen LogP contribution in [0.25, 0.3) is 0 Å². The van der Waals surface area contributed by atoms with Crippen LogP contribution >= 0.6 is 11.3 Å². The van der Waals surface area contributed by atoms with Crippen molar-refractivity contribution in [2.75, 3.05) is 38.4 Å². The third-order valence-corrected chi connectivity index (χ3v) is 3.63. The molecule has 0 aliphatic carbocycles. The Labute approximate surface area is 115 Å². The Balaban J connectivity index is 2.87. The number of carbonyl (C=O) groups excluding carboxylic acids is 1. The molecule has 1 aromatic rings. The van der Waals surface area contributed by atoms with Crippen LogP contribution in [-0.4, -0.2) is 39.4 Å².